The number of carbonyl (C=O) groups excluding carboxylic acids is 4. The van der Waals surface area contributed by atoms with Crippen molar-refractivity contribution in [1.29, 1.82) is 0 Å². The first-order valence-electron chi connectivity index (χ1n) is 8.99. The van der Waals surface area contributed by atoms with E-state index in [9.17, 15) is 24.0 Å². The number of nitrogens with one attached hydrogen (secondary N) is 3. The third-order valence-electron chi connectivity index (χ3n) is 3.77. The van der Waals surface area contributed by atoms with E-state index in [0.29, 0.717) is 6.42 Å². The van der Waals surface area contributed by atoms with Gasteiger partial charge in [-0.25, -0.2) is 4.79 Å². The minimum atomic E-state index is -1.50. The van der Waals surface area contributed by atoms with Crippen LogP contribution in [0.3, 0.4) is 0 Å². The van der Waals surface area contributed by atoms with Gasteiger partial charge in [0.25, 0.3) is 0 Å². The lowest BCUT2D eigenvalue weighted by atomic mass is 10.0. The molecule has 0 aliphatic heterocycles. The van der Waals surface area contributed by atoms with Gasteiger partial charge in [0.15, 0.2) is 0 Å². The van der Waals surface area contributed by atoms with Gasteiger partial charge in [0.1, 0.15) is 12.1 Å². The number of hydrogen-bond donors (Lipinski definition) is 6. The minimum Gasteiger partial charge on any atom is -0.480 e. The highest BCUT2D eigenvalue weighted by atomic mass is 16.4. The molecule has 0 aromatic rings. The Morgan fingerprint density at radius 2 is 1.54 bits per heavy atom. The molecule has 0 saturated heterocycles. The van der Waals surface area contributed by atoms with E-state index in [1.54, 1.807) is 13.8 Å². The van der Waals surface area contributed by atoms with E-state index in [2.05, 4.69) is 16.0 Å². The molecular formula is C17H31N5O6. The predicted octanol–water partition coefficient (Wildman–Crippen LogP) is -1.94. The Balaban J connectivity index is 4.81. The van der Waals surface area contributed by atoms with Gasteiger partial charge in [0.05, 0.1) is 19.0 Å². The average molecular weight is 401 g/mol. The lowest BCUT2D eigenvalue weighted by Crippen LogP contribution is -2.56. The molecule has 8 N–H and O–H groups in total. The van der Waals surface area contributed by atoms with E-state index >= 15 is 0 Å². The molecule has 0 bridgehead atoms. The van der Waals surface area contributed by atoms with Gasteiger partial charge in [0, 0.05) is 0 Å². The van der Waals surface area contributed by atoms with Crippen molar-refractivity contribution < 1.29 is 29.1 Å². The normalized spacial score (nSPS) is 14.1. The van der Waals surface area contributed by atoms with E-state index in [1.165, 1.54) is 0 Å². The summed E-state index contributed by atoms with van der Waals surface area (Å²) in [7, 11) is 0. The standard InChI is InChI=1S/C17H31N5O6/c1-8(2)5-10(18)15(25)20-7-13(24)22-14(9(3)4)16(26)21-11(17(27)28)6-12(19)23/h8-11,14H,5-7,18H2,1-4H3,(H2,19,23)(H,20,25)(H,21,26)(H,22,24)(H,27,28). The number of amides is 4. The first-order chi connectivity index (χ1) is 12.8. The highest BCUT2D eigenvalue weighted by molar-refractivity contribution is 5.93. The summed E-state index contributed by atoms with van der Waals surface area (Å²) >= 11 is 0. The van der Waals surface area contributed by atoms with Crippen LogP contribution in [0.5, 0.6) is 0 Å². The maximum Gasteiger partial charge on any atom is 0.326 e. The van der Waals surface area contributed by atoms with E-state index in [-0.39, 0.29) is 18.4 Å². The molecule has 0 aromatic carbocycles. The number of carboxylic acid groups (broad SMARTS) is 1. The average Bonchev–Trinajstić information content (AvgIpc) is 2.55. The van der Waals surface area contributed by atoms with Crippen LogP contribution >= 0.6 is 0 Å². The molecular weight excluding hydrogens is 370 g/mol. The number of rotatable bonds is 12. The highest BCUT2D eigenvalue weighted by Gasteiger charge is 2.29. The van der Waals surface area contributed by atoms with Crippen molar-refractivity contribution in [2.45, 2.75) is 58.7 Å². The van der Waals surface area contributed by atoms with Gasteiger partial charge in [0.2, 0.25) is 23.6 Å². The Kier molecular flexibility index (Phi) is 10.8. The number of carboxylic acids is 1. The molecule has 11 nitrogen and oxygen atoms in total. The molecule has 0 radical (unpaired) electrons. The molecule has 0 spiro atoms. The number of aliphatic carboxylic acids is 1. The Hall–Kier alpha value is -2.69. The van der Waals surface area contributed by atoms with E-state index < -0.39 is 54.1 Å². The van der Waals surface area contributed by atoms with Gasteiger partial charge in [-0.2, -0.15) is 0 Å². The second kappa shape index (κ2) is 11.9. The molecule has 3 unspecified atom stereocenters. The number of primary amides is 1. The fraction of sp³-hybridized carbons (Fsp3) is 0.706. The van der Waals surface area contributed by atoms with E-state index in [1.807, 2.05) is 13.8 Å². The summed E-state index contributed by atoms with van der Waals surface area (Å²) < 4.78 is 0. The number of carbonyl (C=O) groups is 5. The quantitative estimate of drug-likeness (QED) is 0.219. The van der Waals surface area contributed by atoms with Crippen molar-refractivity contribution >= 4 is 29.6 Å². The first-order valence-corrected chi connectivity index (χ1v) is 8.99. The largest absolute Gasteiger partial charge is 0.480 e. The summed E-state index contributed by atoms with van der Waals surface area (Å²) in [6, 6.07) is -3.32. The van der Waals surface area contributed by atoms with Crippen molar-refractivity contribution in [2.75, 3.05) is 6.54 Å². The maximum atomic E-state index is 12.3. The lowest BCUT2D eigenvalue weighted by Gasteiger charge is -2.24. The van der Waals surface area contributed by atoms with Crippen LogP contribution in [0.25, 0.3) is 0 Å². The third kappa shape index (κ3) is 9.86. The molecule has 3 atom stereocenters. The summed E-state index contributed by atoms with van der Waals surface area (Å²) in [5.41, 5.74) is 10.7. The zero-order valence-corrected chi connectivity index (χ0v) is 16.7. The SMILES string of the molecule is CC(C)CC(N)C(=O)NCC(=O)NC(C(=O)NC(CC(N)=O)C(=O)O)C(C)C. The Labute approximate surface area is 164 Å². The molecule has 0 aliphatic carbocycles. The highest BCUT2D eigenvalue weighted by Crippen LogP contribution is 2.04. The van der Waals surface area contributed by atoms with Gasteiger partial charge in [-0.05, 0) is 18.3 Å². The van der Waals surface area contributed by atoms with Gasteiger partial charge < -0.3 is 32.5 Å². The molecule has 11 heteroatoms. The molecule has 160 valence electrons. The predicted molar refractivity (Wildman–Crippen MR) is 101 cm³/mol. The number of hydrogen-bond acceptors (Lipinski definition) is 6. The van der Waals surface area contributed by atoms with Gasteiger partial charge >= 0.3 is 5.97 Å². The van der Waals surface area contributed by atoms with Crippen LogP contribution < -0.4 is 27.4 Å². The monoisotopic (exact) mass is 401 g/mol. The van der Waals surface area contributed by atoms with Crippen molar-refractivity contribution in [3.05, 3.63) is 0 Å². The van der Waals surface area contributed by atoms with Gasteiger partial charge in [-0.1, -0.05) is 27.7 Å². The summed E-state index contributed by atoms with van der Waals surface area (Å²) in [5.74, 6) is -4.38. The van der Waals surface area contributed by atoms with E-state index in [4.69, 9.17) is 16.6 Å². The Morgan fingerprint density at radius 3 is 1.96 bits per heavy atom. The molecule has 4 amide bonds. The molecule has 0 rings (SSSR count). The fourth-order valence-electron chi connectivity index (χ4n) is 2.34. The lowest BCUT2D eigenvalue weighted by molar-refractivity contribution is -0.144. The summed E-state index contributed by atoms with van der Waals surface area (Å²) in [6.07, 6.45) is -0.120. The van der Waals surface area contributed by atoms with Gasteiger partial charge in [-0.3, -0.25) is 19.2 Å². The molecule has 0 fully saturated rings. The summed E-state index contributed by atoms with van der Waals surface area (Å²) in [6.45, 7) is 6.73. The molecule has 0 heterocycles. The Bertz CT molecular complexity index is 593. The van der Waals surface area contributed by atoms with Crippen molar-refractivity contribution in [3.63, 3.8) is 0 Å². The van der Waals surface area contributed by atoms with Crippen LogP contribution in [-0.2, 0) is 24.0 Å². The number of nitrogens with two attached hydrogens (primary N) is 2. The Morgan fingerprint density at radius 1 is 0.964 bits per heavy atom. The van der Waals surface area contributed by atoms with Crippen LogP contribution in [0.1, 0.15) is 40.5 Å². The molecule has 0 saturated carbocycles. The fourth-order valence-corrected chi connectivity index (χ4v) is 2.34. The zero-order valence-electron chi connectivity index (χ0n) is 16.7. The molecule has 28 heavy (non-hydrogen) atoms. The maximum absolute atomic E-state index is 12.3. The molecule has 0 aliphatic rings. The second-order valence-electron chi connectivity index (χ2n) is 7.31. The van der Waals surface area contributed by atoms with Crippen LogP contribution in [-0.4, -0.2) is 59.4 Å². The first kappa shape index (κ1) is 25.3. The second-order valence-corrected chi connectivity index (χ2v) is 7.31. The van der Waals surface area contributed by atoms with Crippen molar-refractivity contribution in [1.82, 2.24) is 16.0 Å². The minimum absolute atomic E-state index is 0.214. The molecule has 0 aromatic heterocycles. The van der Waals surface area contributed by atoms with Crippen molar-refractivity contribution in [3.8, 4) is 0 Å². The van der Waals surface area contributed by atoms with Crippen LogP contribution in [0.15, 0.2) is 0 Å². The third-order valence-corrected chi connectivity index (χ3v) is 3.77. The summed E-state index contributed by atoms with van der Waals surface area (Å²) in [5, 5.41) is 16.1. The van der Waals surface area contributed by atoms with Crippen LogP contribution in [0, 0.1) is 11.8 Å². The van der Waals surface area contributed by atoms with E-state index in [0.717, 1.165) is 0 Å². The smallest absolute Gasteiger partial charge is 0.326 e. The van der Waals surface area contributed by atoms with Crippen LogP contribution in [0.2, 0.25) is 0 Å². The van der Waals surface area contributed by atoms with Crippen LogP contribution in [0.4, 0.5) is 0 Å². The van der Waals surface area contributed by atoms with Crippen molar-refractivity contribution in [2.24, 2.45) is 23.3 Å². The summed E-state index contributed by atoms with van der Waals surface area (Å²) in [4.78, 5) is 58.3. The van der Waals surface area contributed by atoms with Gasteiger partial charge in [-0.15, -0.1) is 0 Å². The topological polar surface area (TPSA) is 194 Å². The zero-order chi connectivity index (χ0) is 22.0.